The van der Waals surface area contributed by atoms with Crippen LogP contribution in [0.5, 0.6) is 0 Å². The van der Waals surface area contributed by atoms with E-state index in [0.29, 0.717) is 13.0 Å². The molecule has 0 aliphatic heterocycles. The van der Waals surface area contributed by atoms with E-state index in [9.17, 15) is 5.11 Å². The van der Waals surface area contributed by atoms with Crippen LogP contribution in [0, 0.1) is 5.92 Å². The first kappa shape index (κ1) is 29.7. The zero-order valence-electron chi connectivity index (χ0n) is 23.5. The molecule has 0 saturated heterocycles. The largest absolute Gasteiger partial charge is 0.412 e. The topological polar surface area (TPSA) is 38.7 Å². The van der Waals surface area contributed by atoms with Gasteiger partial charge in [-0.2, -0.15) is 0 Å². The van der Waals surface area contributed by atoms with Crippen LogP contribution in [0.2, 0.25) is 23.2 Å². The van der Waals surface area contributed by atoms with E-state index in [1.807, 2.05) is 13.0 Å². The van der Waals surface area contributed by atoms with E-state index in [4.69, 9.17) is 8.85 Å². The van der Waals surface area contributed by atoms with Crippen molar-refractivity contribution in [2.24, 2.45) is 5.92 Å². The minimum absolute atomic E-state index is 0.00613. The molecule has 0 amide bonds. The molecular formula is C30H48O3Si2. The third-order valence-electron chi connectivity index (χ3n) is 7.65. The van der Waals surface area contributed by atoms with Crippen LogP contribution in [0.3, 0.4) is 0 Å². The van der Waals surface area contributed by atoms with Crippen molar-refractivity contribution < 1.29 is 14.0 Å². The quantitative estimate of drug-likeness (QED) is 0.275. The van der Waals surface area contributed by atoms with Crippen LogP contribution in [0.4, 0.5) is 0 Å². The van der Waals surface area contributed by atoms with Gasteiger partial charge in [-0.3, -0.25) is 0 Å². The van der Waals surface area contributed by atoms with Crippen LogP contribution < -0.4 is 10.4 Å². The first-order valence-corrected chi connectivity index (χ1v) is 17.7. The molecule has 5 heteroatoms. The average Bonchev–Trinajstić information content (AvgIpc) is 2.78. The molecule has 3 atom stereocenters. The summed E-state index contributed by atoms with van der Waals surface area (Å²) in [7, 11) is -4.77. The molecule has 0 radical (unpaired) electrons. The van der Waals surface area contributed by atoms with E-state index >= 15 is 0 Å². The Morgan fingerprint density at radius 1 is 0.857 bits per heavy atom. The fourth-order valence-corrected chi connectivity index (χ4v) is 10.3. The lowest BCUT2D eigenvalue weighted by atomic mass is 10.00. The Balaban J connectivity index is 2.53. The van der Waals surface area contributed by atoms with Crippen LogP contribution >= 0.6 is 0 Å². The second kappa shape index (κ2) is 11.7. The Morgan fingerprint density at radius 2 is 1.31 bits per heavy atom. The minimum atomic E-state index is -2.69. The third kappa shape index (κ3) is 7.04. The molecule has 35 heavy (non-hydrogen) atoms. The highest BCUT2D eigenvalue weighted by Gasteiger charge is 2.51. The molecule has 0 aliphatic rings. The summed E-state index contributed by atoms with van der Waals surface area (Å²) in [5, 5.41) is 13.4. The normalized spacial score (nSPS) is 15.9. The highest BCUT2D eigenvalue weighted by atomic mass is 28.4. The summed E-state index contributed by atoms with van der Waals surface area (Å²) in [4.78, 5) is 0. The fraction of sp³-hybridized carbons (Fsp3) is 0.533. The molecule has 0 fully saturated rings. The fourth-order valence-electron chi connectivity index (χ4n) is 4.36. The summed E-state index contributed by atoms with van der Waals surface area (Å²) in [6, 6.07) is 21.4. The molecule has 0 aromatic heterocycles. The Hall–Kier alpha value is -1.51. The Kier molecular flexibility index (Phi) is 9.93. The molecule has 0 heterocycles. The highest BCUT2D eigenvalue weighted by Crippen LogP contribution is 2.40. The lowest BCUT2D eigenvalue weighted by Crippen LogP contribution is -2.67. The van der Waals surface area contributed by atoms with Gasteiger partial charge in [-0.1, -0.05) is 115 Å². The second-order valence-corrected chi connectivity index (χ2v) is 21.4. The molecule has 194 valence electrons. The van der Waals surface area contributed by atoms with Gasteiger partial charge in [0, 0.05) is 6.42 Å². The van der Waals surface area contributed by atoms with Crippen molar-refractivity contribution in [2.45, 2.75) is 90.3 Å². The molecular weight excluding hydrogens is 464 g/mol. The highest BCUT2D eigenvalue weighted by molar-refractivity contribution is 6.99. The van der Waals surface area contributed by atoms with Crippen LogP contribution in [0.1, 0.15) is 54.9 Å². The first-order valence-electron chi connectivity index (χ1n) is 12.9. The molecule has 1 N–H and O–H groups in total. The van der Waals surface area contributed by atoms with E-state index in [2.05, 4.69) is 122 Å². The lowest BCUT2D eigenvalue weighted by Gasteiger charge is -2.45. The van der Waals surface area contributed by atoms with Crippen LogP contribution in [-0.2, 0) is 8.85 Å². The third-order valence-corrected chi connectivity index (χ3v) is 17.2. The van der Waals surface area contributed by atoms with Gasteiger partial charge in [0.2, 0.25) is 0 Å². The van der Waals surface area contributed by atoms with Gasteiger partial charge in [0.15, 0.2) is 8.32 Å². The maximum Gasteiger partial charge on any atom is 0.261 e. The summed E-state index contributed by atoms with van der Waals surface area (Å²) >= 11 is 0. The number of aliphatic hydroxyl groups excluding tert-OH is 1. The molecule has 0 bridgehead atoms. The van der Waals surface area contributed by atoms with Crippen molar-refractivity contribution in [1.29, 1.82) is 0 Å². The van der Waals surface area contributed by atoms with Crippen molar-refractivity contribution >= 4 is 27.0 Å². The van der Waals surface area contributed by atoms with Gasteiger partial charge >= 0.3 is 0 Å². The van der Waals surface area contributed by atoms with Gasteiger partial charge in [0.1, 0.15) is 0 Å². The zero-order chi connectivity index (χ0) is 26.5. The number of aliphatic hydroxyl groups is 1. The Labute approximate surface area is 216 Å². The molecule has 0 aliphatic carbocycles. The van der Waals surface area contributed by atoms with E-state index in [1.165, 1.54) is 10.4 Å². The van der Waals surface area contributed by atoms with Gasteiger partial charge in [0.25, 0.3) is 8.32 Å². The number of hydrogen-bond acceptors (Lipinski definition) is 3. The van der Waals surface area contributed by atoms with Crippen molar-refractivity contribution in [1.82, 2.24) is 0 Å². The molecule has 2 aromatic carbocycles. The second-order valence-electron chi connectivity index (χ2n) is 12.4. The summed E-state index contributed by atoms with van der Waals surface area (Å²) in [6.45, 7) is 24.5. The summed E-state index contributed by atoms with van der Waals surface area (Å²) in [5.74, 6) is -0.00613. The zero-order valence-corrected chi connectivity index (χ0v) is 25.5. The molecule has 0 unspecified atom stereocenters. The standard InChI is InChI=1S/C30H48O3Si2/c1-11-24(2)28(31)22-25(33-34(9,10)29(3,4)5)23-32-35(30(6,7)8,26-18-14-12-15-19-26)27-20-16-13-17-21-27/h11-21,24-25,28,31H,1,22-23H2,2-10H3/t24-,25-,28-/m0/s1. The van der Waals surface area contributed by atoms with Crippen LogP contribution in [0.25, 0.3) is 0 Å². The number of hydrogen-bond donors (Lipinski definition) is 1. The summed E-state index contributed by atoms with van der Waals surface area (Å²) in [6.07, 6.45) is 1.62. The average molecular weight is 513 g/mol. The van der Waals surface area contributed by atoms with Crippen molar-refractivity contribution in [3.63, 3.8) is 0 Å². The number of benzene rings is 2. The van der Waals surface area contributed by atoms with E-state index in [0.717, 1.165) is 0 Å². The molecule has 0 saturated carbocycles. The van der Waals surface area contributed by atoms with Crippen LogP contribution in [-0.4, -0.2) is 40.6 Å². The predicted molar refractivity (Wildman–Crippen MR) is 156 cm³/mol. The number of rotatable bonds is 11. The maximum atomic E-state index is 10.9. The van der Waals surface area contributed by atoms with E-state index in [-0.39, 0.29) is 22.1 Å². The van der Waals surface area contributed by atoms with Gasteiger partial charge in [-0.25, -0.2) is 0 Å². The minimum Gasteiger partial charge on any atom is -0.412 e. The SMILES string of the molecule is C=C[C@H](C)[C@@H](O)C[C@@H](CO[Si](c1ccccc1)(c1ccccc1)C(C)(C)C)O[Si](C)(C)C(C)(C)C. The first-order chi connectivity index (χ1) is 16.2. The summed E-state index contributed by atoms with van der Waals surface area (Å²) < 4.78 is 14.1. The summed E-state index contributed by atoms with van der Waals surface area (Å²) in [5.41, 5.74) is 0. The predicted octanol–water partition coefficient (Wildman–Crippen LogP) is 6.53. The van der Waals surface area contributed by atoms with Gasteiger partial charge in [-0.15, -0.1) is 6.58 Å². The van der Waals surface area contributed by atoms with E-state index < -0.39 is 22.7 Å². The van der Waals surface area contributed by atoms with Gasteiger partial charge in [0.05, 0.1) is 18.8 Å². The smallest absolute Gasteiger partial charge is 0.261 e. The van der Waals surface area contributed by atoms with Crippen molar-refractivity contribution in [3.8, 4) is 0 Å². The van der Waals surface area contributed by atoms with Crippen molar-refractivity contribution in [3.05, 3.63) is 73.3 Å². The van der Waals surface area contributed by atoms with Gasteiger partial charge < -0.3 is 14.0 Å². The molecule has 3 nitrogen and oxygen atoms in total. The lowest BCUT2D eigenvalue weighted by molar-refractivity contribution is 0.0392. The Morgan fingerprint density at radius 3 is 1.69 bits per heavy atom. The molecule has 2 aromatic rings. The molecule has 0 spiro atoms. The molecule has 2 rings (SSSR count). The maximum absolute atomic E-state index is 10.9. The van der Waals surface area contributed by atoms with Gasteiger partial charge in [-0.05, 0) is 39.5 Å². The Bertz CT molecular complexity index is 875. The van der Waals surface area contributed by atoms with E-state index in [1.54, 1.807) is 0 Å². The monoisotopic (exact) mass is 512 g/mol. The van der Waals surface area contributed by atoms with Crippen molar-refractivity contribution in [2.75, 3.05) is 6.61 Å². The van der Waals surface area contributed by atoms with Crippen LogP contribution in [0.15, 0.2) is 73.3 Å².